The lowest BCUT2D eigenvalue weighted by molar-refractivity contribution is 0.715. The Balaban J connectivity index is 2.17. The summed E-state index contributed by atoms with van der Waals surface area (Å²) in [5.74, 6) is 0. The largest absolute Gasteiger partial charge is 0.378 e. The van der Waals surface area contributed by atoms with Crippen LogP contribution in [-0.2, 0) is 13.1 Å². The van der Waals surface area contributed by atoms with Crippen LogP contribution >= 0.6 is 27.5 Å². The molecule has 0 fully saturated rings. The van der Waals surface area contributed by atoms with E-state index in [2.05, 4.69) is 57.6 Å². The van der Waals surface area contributed by atoms with Gasteiger partial charge in [-0.05, 0) is 54.4 Å². The summed E-state index contributed by atoms with van der Waals surface area (Å²) in [6.45, 7) is 8.18. The minimum absolute atomic E-state index is 0.493. The fourth-order valence-electron chi connectivity index (χ4n) is 2.27. The Hall–Kier alpha value is -1.00. The first-order valence-electron chi connectivity index (χ1n) is 6.23. The molecule has 19 heavy (non-hydrogen) atoms. The lowest BCUT2D eigenvalue weighted by Crippen LogP contribution is -2.03. The second kappa shape index (κ2) is 5.97. The number of halogens is 2. The van der Waals surface area contributed by atoms with Gasteiger partial charge in [0.2, 0.25) is 0 Å². The number of hydrogen-bond acceptors (Lipinski definition) is 2. The molecule has 0 amide bonds. The maximum absolute atomic E-state index is 6.07. The number of nitrogens with zero attached hydrogens (tertiary/aromatic N) is 2. The molecule has 2 aromatic rings. The van der Waals surface area contributed by atoms with Crippen LogP contribution in [0.4, 0.5) is 5.69 Å². The van der Waals surface area contributed by atoms with Crippen LogP contribution in [-0.4, -0.2) is 9.55 Å². The van der Waals surface area contributed by atoms with E-state index in [1.807, 2.05) is 6.07 Å². The second-order valence-corrected chi connectivity index (χ2v) is 5.76. The molecule has 1 N–H and O–H groups in total. The van der Waals surface area contributed by atoms with Gasteiger partial charge in [-0.25, -0.2) is 4.98 Å². The molecule has 102 valence electrons. The van der Waals surface area contributed by atoms with Gasteiger partial charge in [0.1, 0.15) is 0 Å². The molecule has 0 radical (unpaired) electrons. The number of aromatic nitrogens is 2. The van der Waals surface area contributed by atoms with E-state index in [-0.39, 0.29) is 0 Å². The molecule has 5 heteroatoms. The lowest BCUT2D eigenvalue weighted by atomic mass is 10.2. The average molecular weight is 343 g/mol. The van der Waals surface area contributed by atoms with Crippen LogP contribution in [0.3, 0.4) is 0 Å². The van der Waals surface area contributed by atoms with Crippen molar-refractivity contribution in [3.05, 3.63) is 44.9 Å². The molecule has 2 rings (SSSR count). The van der Waals surface area contributed by atoms with Crippen molar-refractivity contribution in [1.29, 1.82) is 0 Å². The second-order valence-electron chi connectivity index (χ2n) is 4.49. The van der Waals surface area contributed by atoms with E-state index in [0.29, 0.717) is 5.15 Å². The van der Waals surface area contributed by atoms with Gasteiger partial charge in [0.25, 0.3) is 0 Å². The SMILES string of the molecule is CCn1c(C)cc(CNc2cc(Br)cnc2Cl)c1C. The van der Waals surface area contributed by atoms with E-state index in [1.165, 1.54) is 17.0 Å². The van der Waals surface area contributed by atoms with Gasteiger partial charge >= 0.3 is 0 Å². The van der Waals surface area contributed by atoms with Gasteiger partial charge in [0, 0.05) is 35.1 Å². The zero-order valence-corrected chi connectivity index (χ0v) is 13.6. The van der Waals surface area contributed by atoms with Crippen molar-refractivity contribution in [1.82, 2.24) is 9.55 Å². The highest BCUT2D eigenvalue weighted by atomic mass is 79.9. The van der Waals surface area contributed by atoms with Gasteiger partial charge in [-0.3, -0.25) is 0 Å². The van der Waals surface area contributed by atoms with Crippen molar-refractivity contribution in [3.8, 4) is 0 Å². The smallest absolute Gasteiger partial charge is 0.152 e. The number of rotatable bonds is 4. The minimum atomic E-state index is 0.493. The molecule has 0 aliphatic heterocycles. The van der Waals surface area contributed by atoms with Crippen molar-refractivity contribution in [2.45, 2.75) is 33.9 Å². The molecule has 0 aliphatic rings. The van der Waals surface area contributed by atoms with E-state index in [9.17, 15) is 0 Å². The Kier molecular flexibility index (Phi) is 4.53. The molecular formula is C14H17BrClN3. The highest BCUT2D eigenvalue weighted by Gasteiger charge is 2.08. The quantitative estimate of drug-likeness (QED) is 0.826. The Morgan fingerprint density at radius 3 is 2.74 bits per heavy atom. The number of pyridine rings is 1. The maximum Gasteiger partial charge on any atom is 0.152 e. The van der Waals surface area contributed by atoms with Crippen LogP contribution in [0.5, 0.6) is 0 Å². The highest BCUT2D eigenvalue weighted by Crippen LogP contribution is 2.24. The maximum atomic E-state index is 6.07. The molecule has 0 saturated heterocycles. The van der Waals surface area contributed by atoms with Gasteiger partial charge in [-0.15, -0.1) is 0 Å². The minimum Gasteiger partial charge on any atom is -0.378 e. The van der Waals surface area contributed by atoms with Crippen LogP contribution in [0.25, 0.3) is 0 Å². The van der Waals surface area contributed by atoms with Crippen molar-refractivity contribution < 1.29 is 0 Å². The summed E-state index contributed by atoms with van der Waals surface area (Å²) in [4.78, 5) is 4.10. The average Bonchev–Trinajstić information content (AvgIpc) is 2.65. The number of hydrogen-bond donors (Lipinski definition) is 1. The first kappa shape index (κ1) is 14.4. The Bertz CT molecular complexity index is 593. The monoisotopic (exact) mass is 341 g/mol. The summed E-state index contributed by atoms with van der Waals surface area (Å²) < 4.78 is 3.22. The first-order chi connectivity index (χ1) is 9.02. The third kappa shape index (κ3) is 3.12. The molecule has 0 atom stereocenters. The van der Waals surface area contributed by atoms with Crippen LogP contribution in [0.1, 0.15) is 23.9 Å². The Morgan fingerprint density at radius 1 is 1.37 bits per heavy atom. The van der Waals surface area contributed by atoms with Crippen molar-refractivity contribution in [3.63, 3.8) is 0 Å². The fraction of sp³-hybridized carbons (Fsp3) is 0.357. The van der Waals surface area contributed by atoms with Crippen LogP contribution in [0, 0.1) is 13.8 Å². The van der Waals surface area contributed by atoms with Crippen LogP contribution < -0.4 is 5.32 Å². The third-order valence-electron chi connectivity index (χ3n) is 3.27. The molecule has 0 bridgehead atoms. The van der Waals surface area contributed by atoms with E-state index in [1.54, 1.807) is 6.20 Å². The Morgan fingerprint density at radius 2 is 2.11 bits per heavy atom. The summed E-state index contributed by atoms with van der Waals surface area (Å²) in [7, 11) is 0. The van der Waals surface area contributed by atoms with Gasteiger partial charge in [0.15, 0.2) is 5.15 Å². The molecule has 2 heterocycles. The number of anilines is 1. The molecule has 2 aromatic heterocycles. The third-order valence-corrected chi connectivity index (χ3v) is 4.00. The van der Waals surface area contributed by atoms with Crippen LogP contribution in [0.2, 0.25) is 5.15 Å². The van der Waals surface area contributed by atoms with Gasteiger partial charge in [-0.1, -0.05) is 11.6 Å². The number of aryl methyl sites for hydroxylation is 1. The zero-order valence-electron chi connectivity index (χ0n) is 11.3. The topological polar surface area (TPSA) is 29.9 Å². The summed E-state index contributed by atoms with van der Waals surface area (Å²) in [5.41, 5.74) is 4.72. The molecular weight excluding hydrogens is 326 g/mol. The van der Waals surface area contributed by atoms with E-state index < -0.39 is 0 Å². The summed E-state index contributed by atoms with van der Waals surface area (Å²) in [6, 6.07) is 4.15. The lowest BCUT2D eigenvalue weighted by Gasteiger charge is -2.09. The highest BCUT2D eigenvalue weighted by molar-refractivity contribution is 9.10. The predicted molar refractivity (Wildman–Crippen MR) is 83.9 cm³/mol. The summed E-state index contributed by atoms with van der Waals surface area (Å²) in [5, 5.41) is 3.83. The van der Waals surface area contributed by atoms with Gasteiger partial charge in [-0.2, -0.15) is 0 Å². The van der Waals surface area contributed by atoms with Gasteiger partial charge < -0.3 is 9.88 Å². The molecule has 0 unspecified atom stereocenters. The van der Waals surface area contributed by atoms with Crippen molar-refractivity contribution in [2.75, 3.05) is 5.32 Å². The molecule has 0 aliphatic carbocycles. The van der Waals surface area contributed by atoms with Gasteiger partial charge in [0.05, 0.1) is 5.69 Å². The normalized spacial score (nSPS) is 10.8. The first-order valence-corrected chi connectivity index (χ1v) is 7.40. The standard InChI is InChI=1S/C14H17BrClN3/c1-4-19-9(2)5-11(10(19)3)7-17-13-6-12(15)8-18-14(13)16/h5-6,8,17H,4,7H2,1-3H3. The van der Waals surface area contributed by atoms with E-state index in [0.717, 1.165) is 23.2 Å². The van der Waals surface area contributed by atoms with E-state index in [4.69, 9.17) is 11.6 Å². The number of nitrogens with one attached hydrogen (secondary N) is 1. The van der Waals surface area contributed by atoms with Crippen LogP contribution in [0.15, 0.2) is 22.8 Å². The Labute approximate surface area is 127 Å². The van der Waals surface area contributed by atoms with Crippen molar-refractivity contribution >= 4 is 33.2 Å². The summed E-state index contributed by atoms with van der Waals surface area (Å²) >= 11 is 9.47. The zero-order chi connectivity index (χ0) is 14.0. The molecule has 0 saturated carbocycles. The predicted octanol–water partition coefficient (Wildman–Crippen LogP) is 4.55. The fourth-order valence-corrected chi connectivity index (χ4v) is 2.78. The summed E-state index contributed by atoms with van der Waals surface area (Å²) in [6.07, 6.45) is 1.69. The molecule has 3 nitrogen and oxygen atoms in total. The molecule has 0 spiro atoms. The van der Waals surface area contributed by atoms with Crippen molar-refractivity contribution in [2.24, 2.45) is 0 Å². The molecule has 0 aromatic carbocycles. The van der Waals surface area contributed by atoms with E-state index >= 15 is 0 Å².